The van der Waals surface area contributed by atoms with Crippen LogP contribution in [0.4, 0.5) is 0 Å². The van der Waals surface area contributed by atoms with E-state index >= 15 is 0 Å². The molecular formula is C28H60O2P+. The third-order valence-corrected chi connectivity index (χ3v) is 12.1. The first-order chi connectivity index (χ1) is 15.1. The lowest BCUT2D eigenvalue weighted by atomic mass is 10.0. The van der Waals surface area contributed by atoms with Crippen LogP contribution in [0.3, 0.4) is 0 Å². The minimum atomic E-state index is -0.994. The lowest BCUT2D eigenvalue weighted by Gasteiger charge is -2.29. The number of hydrogen-bond acceptors (Lipinski definition) is 2. The molecule has 2 nitrogen and oxygen atoms in total. The molecule has 0 aromatic carbocycles. The Balaban J connectivity index is 3.73. The Hall–Kier alpha value is 0.350. The van der Waals surface area contributed by atoms with Gasteiger partial charge in [-0.15, -0.1) is 0 Å². The van der Waals surface area contributed by atoms with Crippen molar-refractivity contribution in [1.82, 2.24) is 0 Å². The van der Waals surface area contributed by atoms with Gasteiger partial charge in [0.2, 0.25) is 0 Å². The van der Waals surface area contributed by atoms with Gasteiger partial charge in [-0.05, 0) is 18.8 Å². The van der Waals surface area contributed by atoms with Crippen molar-refractivity contribution in [3.63, 3.8) is 0 Å². The van der Waals surface area contributed by atoms with Gasteiger partial charge in [0.15, 0.2) is 0 Å². The summed E-state index contributed by atoms with van der Waals surface area (Å²) in [6.45, 7) is 7.65. The zero-order valence-corrected chi connectivity index (χ0v) is 22.8. The van der Waals surface area contributed by atoms with Crippen molar-refractivity contribution in [2.24, 2.45) is 5.92 Å². The molecule has 0 atom stereocenters. The lowest BCUT2D eigenvalue weighted by molar-refractivity contribution is 0.293. The van der Waals surface area contributed by atoms with Crippen LogP contribution in [0.15, 0.2) is 0 Å². The van der Waals surface area contributed by atoms with E-state index in [0.29, 0.717) is 13.2 Å². The molecule has 0 rings (SSSR count). The fourth-order valence-electron chi connectivity index (χ4n) is 5.19. The van der Waals surface area contributed by atoms with Crippen LogP contribution in [-0.2, 0) is 0 Å². The van der Waals surface area contributed by atoms with E-state index in [1.807, 2.05) is 0 Å². The maximum Gasteiger partial charge on any atom is 0.0617 e. The summed E-state index contributed by atoms with van der Waals surface area (Å²) < 4.78 is 0. The number of rotatable bonds is 25. The molecule has 0 aliphatic heterocycles. The predicted molar refractivity (Wildman–Crippen MR) is 144 cm³/mol. The Morgan fingerprint density at radius 3 is 1.13 bits per heavy atom. The van der Waals surface area contributed by atoms with E-state index < -0.39 is 7.26 Å². The molecule has 31 heavy (non-hydrogen) atoms. The first-order valence-electron chi connectivity index (χ1n) is 14.2. The van der Waals surface area contributed by atoms with Crippen molar-refractivity contribution in [3.05, 3.63) is 0 Å². The number of aliphatic hydroxyl groups is 2. The number of hydrogen-bond donors (Lipinski definition) is 2. The summed E-state index contributed by atoms with van der Waals surface area (Å²) in [5.74, 6) is 0.742. The van der Waals surface area contributed by atoms with Crippen LogP contribution >= 0.6 is 7.26 Å². The zero-order chi connectivity index (χ0) is 23.0. The molecule has 0 aromatic heterocycles. The third kappa shape index (κ3) is 20.7. The minimum absolute atomic E-state index is 0.331. The highest BCUT2D eigenvalue weighted by Crippen LogP contribution is 2.61. The average molecular weight is 460 g/mol. The van der Waals surface area contributed by atoms with Gasteiger partial charge in [-0.2, -0.15) is 0 Å². The van der Waals surface area contributed by atoms with Gasteiger partial charge in [0.05, 0.1) is 24.6 Å². The molecule has 188 valence electrons. The molecule has 0 unspecified atom stereocenters. The molecule has 0 aliphatic carbocycles. The molecule has 0 saturated heterocycles. The van der Waals surface area contributed by atoms with Gasteiger partial charge in [-0.1, -0.05) is 111 Å². The Morgan fingerprint density at radius 2 is 0.806 bits per heavy atom. The average Bonchev–Trinajstić information content (AvgIpc) is 2.75. The highest BCUT2D eigenvalue weighted by Gasteiger charge is 2.36. The Labute approximate surface area is 197 Å². The molecule has 0 radical (unpaired) electrons. The summed E-state index contributed by atoms with van der Waals surface area (Å²) in [6.07, 6.45) is 30.0. The van der Waals surface area contributed by atoms with Crippen LogP contribution in [0.5, 0.6) is 0 Å². The van der Waals surface area contributed by atoms with E-state index in [2.05, 4.69) is 20.8 Å². The van der Waals surface area contributed by atoms with Gasteiger partial charge in [-0.25, -0.2) is 0 Å². The minimum Gasteiger partial charge on any atom is -0.396 e. The first-order valence-corrected chi connectivity index (χ1v) is 16.7. The van der Waals surface area contributed by atoms with E-state index in [9.17, 15) is 10.2 Å². The normalized spacial score (nSPS) is 12.2. The second-order valence-electron chi connectivity index (χ2n) is 10.5. The molecule has 0 amide bonds. The molecule has 0 aliphatic rings. The van der Waals surface area contributed by atoms with Crippen LogP contribution in [-0.4, -0.2) is 48.1 Å². The molecule has 2 N–H and O–H groups in total. The lowest BCUT2D eigenvalue weighted by Crippen LogP contribution is -2.17. The fourth-order valence-corrected chi connectivity index (χ4v) is 10.5. The van der Waals surface area contributed by atoms with Crippen molar-refractivity contribution in [1.29, 1.82) is 0 Å². The highest BCUT2D eigenvalue weighted by molar-refractivity contribution is 7.75. The predicted octanol–water partition coefficient (Wildman–Crippen LogP) is 8.69. The molecule has 0 spiro atoms. The molecular weight excluding hydrogens is 399 g/mol. The van der Waals surface area contributed by atoms with Crippen LogP contribution in [0.1, 0.15) is 136 Å². The quantitative estimate of drug-likeness (QED) is 0.106. The third-order valence-electron chi connectivity index (χ3n) is 6.82. The zero-order valence-electron chi connectivity index (χ0n) is 21.9. The van der Waals surface area contributed by atoms with E-state index in [4.69, 9.17) is 0 Å². The summed E-state index contributed by atoms with van der Waals surface area (Å²) in [6, 6.07) is 0. The van der Waals surface area contributed by atoms with E-state index in [0.717, 1.165) is 18.8 Å². The van der Waals surface area contributed by atoms with Gasteiger partial charge < -0.3 is 10.2 Å². The molecule has 0 bridgehead atoms. The summed E-state index contributed by atoms with van der Waals surface area (Å²) in [5.41, 5.74) is 0. The number of unbranched alkanes of at least 4 members (excludes halogenated alkanes) is 15. The van der Waals surface area contributed by atoms with Crippen molar-refractivity contribution in [3.8, 4) is 0 Å². The maximum absolute atomic E-state index is 9.37. The standard InChI is InChI=1S/C28H60O2P/c1-4-5-6-7-8-9-10-11-12-13-14-15-16-17-18-19-24-31(25-20-22-29,26-21-23-30)27-28(2)3/h28-30H,4-27H2,1-3H3/q+1. The monoisotopic (exact) mass is 459 g/mol. The van der Waals surface area contributed by atoms with Gasteiger partial charge >= 0.3 is 0 Å². The summed E-state index contributed by atoms with van der Waals surface area (Å²) in [4.78, 5) is 0. The second kappa shape index (κ2) is 23.5. The van der Waals surface area contributed by atoms with Gasteiger partial charge in [0.1, 0.15) is 0 Å². The SMILES string of the molecule is CCCCCCCCCCCCCCCCCC[P+](CCCO)(CCCO)CC(C)C. The first kappa shape index (κ1) is 31.4. The smallest absolute Gasteiger partial charge is 0.0617 e. The van der Waals surface area contributed by atoms with Crippen molar-refractivity contribution in [2.75, 3.05) is 37.9 Å². The maximum atomic E-state index is 9.37. The van der Waals surface area contributed by atoms with E-state index in [-0.39, 0.29) is 0 Å². The van der Waals surface area contributed by atoms with Crippen LogP contribution in [0.2, 0.25) is 0 Å². The van der Waals surface area contributed by atoms with Crippen molar-refractivity contribution < 1.29 is 10.2 Å². The molecule has 3 heteroatoms. The van der Waals surface area contributed by atoms with E-state index in [1.54, 1.807) is 0 Å². The van der Waals surface area contributed by atoms with Gasteiger partial charge in [-0.3, -0.25) is 0 Å². The Kier molecular flexibility index (Phi) is 23.8. The number of aliphatic hydroxyl groups excluding tert-OH is 2. The van der Waals surface area contributed by atoms with Gasteiger partial charge in [0.25, 0.3) is 0 Å². The Morgan fingerprint density at radius 1 is 0.484 bits per heavy atom. The summed E-state index contributed by atoms with van der Waals surface area (Å²) in [7, 11) is -0.994. The van der Waals surface area contributed by atoms with Crippen LogP contribution in [0, 0.1) is 5.92 Å². The van der Waals surface area contributed by atoms with Crippen LogP contribution in [0.25, 0.3) is 0 Å². The van der Waals surface area contributed by atoms with E-state index in [1.165, 1.54) is 127 Å². The fraction of sp³-hybridized carbons (Fsp3) is 1.00. The van der Waals surface area contributed by atoms with Crippen molar-refractivity contribution >= 4 is 7.26 Å². The molecule has 0 fully saturated rings. The largest absolute Gasteiger partial charge is 0.396 e. The topological polar surface area (TPSA) is 40.5 Å². The Bertz CT molecular complexity index is 338. The molecule has 0 saturated carbocycles. The molecule has 0 aromatic rings. The van der Waals surface area contributed by atoms with Crippen LogP contribution < -0.4 is 0 Å². The summed E-state index contributed by atoms with van der Waals surface area (Å²) in [5, 5.41) is 18.7. The second-order valence-corrected chi connectivity index (χ2v) is 14.9. The summed E-state index contributed by atoms with van der Waals surface area (Å²) >= 11 is 0. The van der Waals surface area contributed by atoms with Gasteiger partial charge in [0, 0.05) is 33.3 Å². The van der Waals surface area contributed by atoms with Crippen molar-refractivity contribution in [2.45, 2.75) is 136 Å². The highest BCUT2D eigenvalue weighted by atomic mass is 31.2. The molecule has 0 heterocycles.